The van der Waals surface area contributed by atoms with Crippen molar-refractivity contribution in [3.05, 3.63) is 51.8 Å². The molecule has 2 rings (SSSR count). The maximum Gasteiger partial charge on any atom is 0.271 e. The quantitative estimate of drug-likeness (QED) is 0.580. The summed E-state index contributed by atoms with van der Waals surface area (Å²) in [5.41, 5.74) is 0.487. The van der Waals surface area contributed by atoms with Gasteiger partial charge in [-0.3, -0.25) is 10.1 Å². The topological polar surface area (TPSA) is 61.0 Å². The highest BCUT2D eigenvalue weighted by molar-refractivity contribution is 6.32. The Labute approximate surface area is 90.1 Å². The monoisotopic (exact) mass is 223 g/mol. The van der Waals surface area contributed by atoms with Crippen LogP contribution in [0.15, 0.2) is 36.7 Å². The molecule has 0 fully saturated rings. The van der Waals surface area contributed by atoms with E-state index in [1.165, 1.54) is 22.9 Å². The van der Waals surface area contributed by atoms with Crippen LogP contribution in [0.2, 0.25) is 5.02 Å². The first-order chi connectivity index (χ1) is 7.18. The molecule has 0 aliphatic carbocycles. The van der Waals surface area contributed by atoms with Gasteiger partial charge in [0, 0.05) is 24.5 Å². The highest BCUT2D eigenvalue weighted by Gasteiger charge is 2.10. The Bertz CT molecular complexity index is 496. The fourth-order valence-corrected chi connectivity index (χ4v) is 1.41. The number of rotatable bonds is 2. The summed E-state index contributed by atoms with van der Waals surface area (Å²) in [6, 6.07) is 5.94. The van der Waals surface area contributed by atoms with Crippen molar-refractivity contribution in [2.24, 2.45) is 0 Å². The van der Waals surface area contributed by atoms with Gasteiger partial charge in [-0.2, -0.15) is 5.10 Å². The van der Waals surface area contributed by atoms with Crippen LogP contribution in [0, 0.1) is 10.1 Å². The Hall–Kier alpha value is -1.88. The average Bonchev–Trinajstić information content (AvgIpc) is 2.71. The number of halogens is 1. The summed E-state index contributed by atoms with van der Waals surface area (Å²) in [7, 11) is 0. The highest BCUT2D eigenvalue weighted by Crippen LogP contribution is 2.24. The van der Waals surface area contributed by atoms with Crippen molar-refractivity contribution in [2.75, 3.05) is 0 Å². The normalized spacial score (nSPS) is 10.2. The molecule has 76 valence electrons. The standard InChI is InChI=1S/C9H6ClN3O2/c10-8-3-2-7(13(14)15)6-9(8)12-5-1-4-11-12/h1-6H. The maximum atomic E-state index is 10.6. The van der Waals surface area contributed by atoms with E-state index in [0.29, 0.717) is 10.7 Å². The number of hydrogen-bond donors (Lipinski definition) is 0. The van der Waals surface area contributed by atoms with Gasteiger partial charge in [0.1, 0.15) is 0 Å². The molecule has 2 aromatic rings. The van der Waals surface area contributed by atoms with E-state index in [0.717, 1.165) is 0 Å². The van der Waals surface area contributed by atoms with E-state index in [-0.39, 0.29) is 5.69 Å². The van der Waals surface area contributed by atoms with Crippen molar-refractivity contribution in [1.82, 2.24) is 9.78 Å². The molecule has 6 heteroatoms. The zero-order valence-corrected chi connectivity index (χ0v) is 8.26. The van der Waals surface area contributed by atoms with E-state index >= 15 is 0 Å². The van der Waals surface area contributed by atoms with Gasteiger partial charge in [-0.05, 0) is 12.1 Å². The highest BCUT2D eigenvalue weighted by atomic mass is 35.5. The van der Waals surface area contributed by atoms with E-state index in [4.69, 9.17) is 11.6 Å². The van der Waals surface area contributed by atoms with E-state index in [2.05, 4.69) is 5.10 Å². The molecule has 0 atom stereocenters. The number of nitro benzene ring substituents is 1. The second-order valence-corrected chi connectivity index (χ2v) is 3.25. The largest absolute Gasteiger partial charge is 0.271 e. The lowest BCUT2D eigenvalue weighted by Gasteiger charge is -2.03. The third-order valence-corrected chi connectivity index (χ3v) is 2.21. The zero-order chi connectivity index (χ0) is 10.8. The molecular formula is C9H6ClN3O2. The van der Waals surface area contributed by atoms with Gasteiger partial charge < -0.3 is 0 Å². The van der Waals surface area contributed by atoms with Crippen LogP contribution in [0.3, 0.4) is 0 Å². The van der Waals surface area contributed by atoms with Crippen molar-refractivity contribution >= 4 is 17.3 Å². The van der Waals surface area contributed by atoms with Gasteiger partial charge in [0.05, 0.1) is 15.6 Å². The lowest BCUT2D eigenvalue weighted by atomic mass is 10.3. The molecule has 0 aliphatic rings. The number of nitro groups is 1. The molecule has 0 amide bonds. The van der Waals surface area contributed by atoms with Gasteiger partial charge in [0.15, 0.2) is 0 Å². The zero-order valence-electron chi connectivity index (χ0n) is 7.50. The molecular weight excluding hydrogens is 218 g/mol. The second kappa shape index (κ2) is 3.70. The van der Waals surface area contributed by atoms with Gasteiger partial charge in [-0.15, -0.1) is 0 Å². The van der Waals surface area contributed by atoms with Crippen molar-refractivity contribution in [2.45, 2.75) is 0 Å². The van der Waals surface area contributed by atoms with Crippen LogP contribution < -0.4 is 0 Å². The summed E-state index contributed by atoms with van der Waals surface area (Å²) >= 11 is 5.91. The minimum absolute atomic E-state index is 0.00935. The molecule has 1 aromatic heterocycles. The van der Waals surface area contributed by atoms with Gasteiger partial charge in [0.2, 0.25) is 0 Å². The van der Waals surface area contributed by atoms with Crippen LogP contribution in [0.25, 0.3) is 5.69 Å². The van der Waals surface area contributed by atoms with E-state index in [1.807, 2.05) is 0 Å². The molecule has 1 heterocycles. The molecule has 0 radical (unpaired) electrons. The number of hydrogen-bond acceptors (Lipinski definition) is 3. The second-order valence-electron chi connectivity index (χ2n) is 2.84. The van der Waals surface area contributed by atoms with Crippen LogP contribution in [-0.2, 0) is 0 Å². The lowest BCUT2D eigenvalue weighted by Crippen LogP contribution is -1.97. The third-order valence-electron chi connectivity index (χ3n) is 1.89. The molecule has 0 bridgehead atoms. The molecule has 0 N–H and O–H groups in total. The lowest BCUT2D eigenvalue weighted by molar-refractivity contribution is -0.384. The molecule has 15 heavy (non-hydrogen) atoms. The molecule has 5 nitrogen and oxygen atoms in total. The number of benzene rings is 1. The number of nitrogens with zero attached hydrogens (tertiary/aromatic N) is 3. The van der Waals surface area contributed by atoms with E-state index in [1.54, 1.807) is 18.5 Å². The van der Waals surface area contributed by atoms with Crippen molar-refractivity contribution in [1.29, 1.82) is 0 Å². The SMILES string of the molecule is O=[N+]([O-])c1ccc(Cl)c(-n2cccn2)c1. The maximum absolute atomic E-state index is 10.6. The first-order valence-corrected chi connectivity index (χ1v) is 4.50. The predicted molar refractivity (Wildman–Crippen MR) is 55.2 cm³/mol. The van der Waals surface area contributed by atoms with Crippen LogP contribution in [0.1, 0.15) is 0 Å². The Balaban J connectivity index is 2.55. The van der Waals surface area contributed by atoms with Crippen LogP contribution in [0.4, 0.5) is 5.69 Å². The number of non-ortho nitro benzene ring substituents is 1. The van der Waals surface area contributed by atoms with Crippen LogP contribution in [0.5, 0.6) is 0 Å². The molecule has 0 unspecified atom stereocenters. The summed E-state index contributed by atoms with van der Waals surface area (Å²) in [6.45, 7) is 0. The van der Waals surface area contributed by atoms with Gasteiger partial charge in [0.25, 0.3) is 5.69 Å². The van der Waals surface area contributed by atoms with Gasteiger partial charge in [-0.25, -0.2) is 4.68 Å². The summed E-state index contributed by atoms with van der Waals surface area (Å²) in [5, 5.41) is 14.9. The first kappa shape index (κ1) is 9.67. The average molecular weight is 224 g/mol. The Kier molecular flexibility index (Phi) is 2.39. The number of aromatic nitrogens is 2. The van der Waals surface area contributed by atoms with E-state index < -0.39 is 4.92 Å². The minimum Gasteiger partial charge on any atom is -0.258 e. The Morgan fingerprint density at radius 2 is 2.27 bits per heavy atom. The van der Waals surface area contributed by atoms with E-state index in [9.17, 15) is 10.1 Å². The molecule has 1 aromatic carbocycles. The Morgan fingerprint density at radius 1 is 1.47 bits per heavy atom. The van der Waals surface area contributed by atoms with Crippen molar-refractivity contribution in [3.63, 3.8) is 0 Å². The third kappa shape index (κ3) is 1.82. The summed E-state index contributed by atoms with van der Waals surface area (Å²) in [4.78, 5) is 10.1. The summed E-state index contributed by atoms with van der Waals surface area (Å²) in [6.07, 6.45) is 3.25. The summed E-state index contributed by atoms with van der Waals surface area (Å²) < 4.78 is 1.48. The Morgan fingerprint density at radius 3 is 2.87 bits per heavy atom. The fraction of sp³-hybridized carbons (Fsp3) is 0. The van der Waals surface area contributed by atoms with Crippen molar-refractivity contribution in [3.8, 4) is 5.69 Å². The molecule has 0 aliphatic heterocycles. The summed E-state index contributed by atoms with van der Waals surface area (Å²) in [5.74, 6) is 0. The van der Waals surface area contributed by atoms with Gasteiger partial charge >= 0.3 is 0 Å². The minimum atomic E-state index is -0.469. The van der Waals surface area contributed by atoms with Crippen molar-refractivity contribution < 1.29 is 4.92 Å². The predicted octanol–water partition coefficient (Wildman–Crippen LogP) is 2.43. The first-order valence-electron chi connectivity index (χ1n) is 4.12. The molecule has 0 spiro atoms. The fourth-order valence-electron chi connectivity index (χ4n) is 1.20. The smallest absolute Gasteiger partial charge is 0.258 e. The molecule has 0 saturated heterocycles. The van der Waals surface area contributed by atoms with Gasteiger partial charge in [-0.1, -0.05) is 11.6 Å². The van der Waals surface area contributed by atoms with Crippen LogP contribution in [-0.4, -0.2) is 14.7 Å². The van der Waals surface area contributed by atoms with Crippen LogP contribution >= 0.6 is 11.6 Å². The molecule has 0 saturated carbocycles.